The number of aryl methyl sites for hydroxylation is 2. The molecular weight excluding hydrogens is 164 g/mol. The number of hydrogen-bond donors (Lipinski definition) is 1. The molecule has 0 aromatic carbocycles. The molecule has 3 nitrogen and oxygen atoms in total. The van der Waals surface area contributed by atoms with Crippen LogP contribution in [0.1, 0.15) is 25.1 Å². The van der Waals surface area contributed by atoms with Gasteiger partial charge < -0.3 is 5.32 Å². The summed E-state index contributed by atoms with van der Waals surface area (Å²) in [5, 5.41) is 2.65. The summed E-state index contributed by atoms with van der Waals surface area (Å²) in [6.45, 7) is 5.51. The molecule has 0 saturated carbocycles. The lowest BCUT2D eigenvalue weighted by molar-refractivity contribution is -0.114. The first kappa shape index (κ1) is 9.71. The largest absolute Gasteiger partial charge is 0.311 e. The number of aromatic nitrogens is 1. The highest BCUT2D eigenvalue weighted by atomic mass is 16.1. The molecule has 0 aliphatic heterocycles. The molecule has 1 amide bonds. The quantitative estimate of drug-likeness (QED) is 0.751. The van der Waals surface area contributed by atoms with Gasteiger partial charge in [-0.2, -0.15) is 0 Å². The number of hydrogen-bond acceptors (Lipinski definition) is 2. The number of carbonyl (C=O) groups excluding carboxylic acids is 1. The molecule has 0 saturated heterocycles. The van der Waals surface area contributed by atoms with Gasteiger partial charge in [0.1, 0.15) is 5.82 Å². The number of carbonyl (C=O) groups is 1. The molecule has 1 heterocycles. The summed E-state index contributed by atoms with van der Waals surface area (Å²) < 4.78 is 0. The van der Waals surface area contributed by atoms with Gasteiger partial charge in [0.15, 0.2) is 0 Å². The normalized spacial score (nSPS) is 9.77. The van der Waals surface area contributed by atoms with Crippen LogP contribution in [0.2, 0.25) is 0 Å². The second kappa shape index (κ2) is 4.03. The molecule has 0 bridgehead atoms. The summed E-state index contributed by atoms with van der Waals surface area (Å²) in [5.41, 5.74) is 2.20. The van der Waals surface area contributed by atoms with Crippen molar-refractivity contribution in [3.8, 4) is 0 Å². The van der Waals surface area contributed by atoms with E-state index >= 15 is 0 Å². The van der Waals surface area contributed by atoms with Crippen molar-refractivity contribution in [1.82, 2.24) is 4.98 Å². The van der Waals surface area contributed by atoms with Crippen molar-refractivity contribution < 1.29 is 4.79 Å². The third-order valence-corrected chi connectivity index (χ3v) is 1.88. The molecule has 1 aromatic rings. The maximum Gasteiger partial charge on any atom is 0.222 e. The minimum atomic E-state index is -0.0869. The predicted molar refractivity (Wildman–Crippen MR) is 52.7 cm³/mol. The highest BCUT2D eigenvalue weighted by Crippen LogP contribution is 2.10. The van der Waals surface area contributed by atoms with Gasteiger partial charge in [-0.15, -0.1) is 0 Å². The molecule has 0 atom stereocenters. The Morgan fingerprint density at radius 3 is 2.69 bits per heavy atom. The highest BCUT2D eigenvalue weighted by Gasteiger charge is 2.00. The molecular formula is C10H14N2O. The van der Waals surface area contributed by atoms with Gasteiger partial charge >= 0.3 is 0 Å². The Hall–Kier alpha value is -1.38. The van der Waals surface area contributed by atoms with Gasteiger partial charge in [-0.05, 0) is 25.0 Å². The summed E-state index contributed by atoms with van der Waals surface area (Å²) in [6, 6.07) is 3.82. The van der Waals surface area contributed by atoms with E-state index in [2.05, 4.69) is 17.2 Å². The van der Waals surface area contributed by atoms with Crippen molar-refractivity contribution in [3.63, 3.8) is 0 Å². The second-order valence-electron chi connectivity index (χ2n) is 2.98. The number of pyridine rings is 1. The van der Waals surface area contributed by atoms with E-state index in [1.165, 1.54) is 12.5 Å². The zero-order valence-electron chi connectivity index (χ0n) is 8.22. The lowest BCUT2D eigenvalue weighted by Crippen LogP contribution is -2.08. The minimum absolute atomic E-state index is 0.0869. The molecule has 3 heteroatoms. The molecule has 0 aliphatic rings. The van der Waals surface area contributed by atoms with Gasteiger partial charge in [0.05, 0.1) is 0 Å². The van der Waals surface area contributed by atoms with Crippen molar-refractivity contribution in [1.29, 1.82) is 0 Å². The molecule has 70 valence electrons. The van der Waals surface area contributed by atoms with Crippen molar-refractivity contribution in [2.45, 2.75) is 27.2 Å². The van der Waals surface area contributed by atoms with Crippen LogP contribution >= 0.6 is 0 Å². The van der Waals surface area contributed by atoms with Crippen LogP contribution in [0.5, 0.6) is 0 Å². The van der Waals surface area contributed by atoms with Gasteiger partial charge in [-0.1, -0.05) is 13.0 Å². The van der Waals surface area contributed by atoms with E-state index in [4.69, 9.17) is 0 Å². The lowest BCUT2D eigenvalue weighted by Gasteiger charge is -2.05. The third kappa shape index (κ3) is 2.54. The first-order valence-electron chi connectivity index (χ1n) is 4.37. The number of amides is 1. The van der Waals surface area contributed by atoms with Crippen molar-refractivity contribution in [2.75, 3.05) is 5.32 Å². The molecule has 0 unspecified atom stereocenters. The number of nitrogens with one attached hydrogen (secondary N) is 1. The van der Waals surface area contributed by atoms with E-state index in [9.17, 15) is 4.79 Å². The van der Waals surface area contributed by atoms with Crippen LogP contribution < -0.4 is 5.32 Å². The number of nitrogens with zero attached hydrogens (tertiary/aromatic N) is 1. The van der Waals surface area contributed by atoms with E-state index < -0.39 is 0 Å². The molecule has 0 fully saturated rings. The lowest BCUT2D eigenvalue weighted by atomic mass is 10.1. The maximum absolute atomic E-state index is 10.7. The van der Waals surface area contributed by atoms with Gasteiger partial charge in [0.25, 0.3) is 0 Å². The van der Waals surface area contributed by atoms with E-state index in [-0.39, 0.29) is 5.91 Å². The van der Waals surface area contributed by atoms with Crippen LogP contribution in [0.25, 0.3) is 0 Å². The monoisotopic (exact) mass is 178 g/mol. The van der Waals surface area contributed by atoms with Gasteiger partial charge in [0.2, 0.25) is 5.91 Å². The molecule has 1 aromatic heterocycles. The number of rotatable bonds is 2. The Kier molecular flexibility index (Phi) is 3.01. The van der Waals surface area contributed by atoms with Crippen LogP contribution in [-0.4, -0.2) is 10.9 Å². The average Bonchev–Trinajstić information content (AvgIpc) is 2.03. The molecule has 1 N–H and O–H groups in total. The van der Waals surface area contributed by atoms with Crippen LogP contribution in [0.3, 0.4) is 0 Å². The molecule has 0 spiro atoms. The van der Waals surface area contributed by atoms with E-state index in [1.807, 2.05) is 19.1 Å². The zero-order valence-corrected chi connectivity index (χ0v) is 8.22. The first-order valence-corrected chi connectivity index (χ1v) is 4.37. The van der Waals surface area contributed by atoms with Crippen LogP contribution in [0.4, 0.5) is 5.82 Å². The van der Waals surface area contributed by atoms with E-state index in [1.54, 1.807) is 0 Å². The molecule has 1 rings (SSSR count). The Morgan fingerprint density at radius 1 is 1.54 bits per heavy atom. The second-order valence-corrected chi connectivity index (χ2v) is 2.98. The SMILES string of the molecule is CCc1ccc(NC(C)=O)nc1C. The fraction of sp³-hybridized carbons (Fsp3) is 0.400. The number of anilines is 1. The summed E-state index contributed by atoms with van der Waals surface area (Å²) in [4.78, 5) is 15.0. The maximum atomic E-state index is 10.7. The van der Waals surface area contributed by atoms with Crippen molar-refractivity contribution >= 4 is 11.7 Å². The predicted octanol–water partition coefficient (Wildman–Crippen LogP) is 1.91. The van der Waals surface area contributed by atoms with E-state index in [0.29, 0.717) is 5.82 Å². The van der Waals surface area contributed by atoms with Gasteiger partial charge in [-0.25, -0.2) is 4.98 Å². The molecule has 0 aliphatic carbocycles. The van der Waals surface area contributed by atoms with Gasteiger partial charge in [0, 0.05) is 12.6 Å². The highest BCUT2D eigenvalue weighted by molar-refractivity contribution is 5.87. The van der Waals surface area contributed by atoms with E-state index in [0.717, 1.165) is 12.1 Å². The summed E-state index contributed by atoms with van der Waals surface area (Å²) >= 11 is 0. The van der Waals surface area contributed by atoms with Crippen LogP contribution in [0.15, 0.2) is 12.1 Å². The first-order chi connectivity index (χ1) is 6.13. The Bertz CT molecular complexity index is 321. The molecule has 0 radical (unpaired) electrons. The Morgan fingerprint density at radius 2 is 2.23 bits per heavy atom. The summed E-state index contributed by atoms with van der Waals surface area (Å²) in [7, 11) is 0. The smallest absolute Gasteiger partial charge is 0.222 e. The van der Waals surface area contributed by atoms with Crippen LogP contribution in [-0.2, 0) is 11.2 Å². The van der Waals surface area contributed by atoms with Crippen molar-refractivity contribution in [3.05, 3.63) is 23.4 Å². The third-order valence-electron chi connectivity index (χ3n) is 1.88. The summed E-state index contributed by atoms with van der Waals surface area (Å²) in [6.07, 6.45) is 0.971. The minimum Gasteiger partial charge on any atom is -0.311 e. The summed E-state index contributed by atoms with van der Waals surface area (Å²) in [5.74, 6) is 0.540. The standard InChI is InChI=1S/C10H14N2O/c1-4-9-5-6-10(11-7(9)2)12-8(3)13/h5-6H,4H2,1-3H3,(H,11,12,13). The molecule has 13 heavy (non-hydrogen) atoms. The fourth-order valence-electron chi connectivity index (χ4n) is 1.21. The van der Waals surface area contributed by atoms with Crippen molar-refractivity contribution in [2.24, 2.45) is 0 Å². The van der Waals surface area contributed by atoms with Crippen LogP contribution in [0, 0.1) is 6.92 Å². The Balaban J connectivity index is 2.89. The zero-order chi connectivity index (χ0) is 9.84. The fourth-order valence-corrected chi connectivity index (χ4v) is 1.21. The van der Waals surface area contributed by atoms with Gasteiger partial charge in [-0.3, -0.25) is 4.79 Å². The Labute approximate surface area is 78.2 Å². The topological polar surface area (TPSA) is 42.0 Å². The average molecular weight is 178 g/mol.